The number of rotatable bonds is 4. The third-order valence-electron chi connectivity index (χ3n) is 4.67. The third kappa shape index (κ3) is 4.50. The van der Waals surface area contributed by atoms with Gasteiger partial charge in [-0.15, -0.1) is 0 Å². The maximum absolute atomic E-state index is 13.0. The number of hydrogen-bond donors (Lipinski definition) is 1. The summed E-state index contributed by atoms with van der Waals surface area (Å²) in [6.45, 7) is 6.52. The van der Waals surface area contributed by atoms with Crippen LogP contribution in [0.25, 0.3) is 0 Å². The van der Waals surface area contributed by atoms with Crippen LogP contribution in [0.3, 0.4) is 0 Å². The Hall–Kier alpha value is -1.56. The minimum absolute atomic E-state index is 0.0421. The van der Waals surface area contributed by atoms with Crippen LogP contribution >= 0.6 is 0 Å². The predicted molar refractivity (Wildman–Crippen MR) is 86.0 cm³/mol. The van der Waals surface area contributed by atoms with E-state index in [1.54, 1.807) is 4.90 Å². The fourth-order valence-electron chi connectivity index (χ4n) is 3.11. The van der Waals surface area contributed by atoms with Gasteiger partial charge in [0.25, 0.3) is 0 Å². The summed E-state index contributed by atoms with van der Waals surface area (Å²) in [4.78, 5) is 12.7. The molecule has 0 saturated carbocycles. The number of likely N-dealkylation sites (tertiary alicyclic amines) is 1. The second kappa shape index (κ2) is 6.75. The topological polar surface area (TPSA) is 40.5 Å². The van der Waals surface area contributed by atoms with E-state index in [0.29, 0.717) is 13.0 Å². The van der Waals surface area contributed by atoms with Crippen molar-refractivity contribution in [1.82, 2.24) is 4.90 Å². The summed E-state index contributed by atoms with van der Waals surface area (Å²) < 4.78 is 38.9. The lowest BCUT2D eigenvalue weighted by Crippen LogP contribution is -2.33. The van der Waals surface area contributed by atoms with E-state index in [-0.39, 0.29) is 18.5 Å². The fraction of sp³-hybridized carbons (Fsp3) is 0.611. The molecule has 6 heteroatoms. The minimum Gasteiger partial charge on any atom is -0.481 e. The molecule has 1 aromatic carbocycles. The van der Waals surface area contributed by atoms with Crippen molar-refractivity contribution in [3.05, 3.63) is 35.4 Å². The van der Waals surface area contributed by atoms with Crippen LogP contribution in [0.4, 0.5) is 13.2 Å². The van der Waals surface area contributed by atoms with Crippen molar-refractivity contribution in [2.75, 3.05) is 19.6 Å². The summed E-state index contributed by atoms with van der Waals surface area (Å²) in [7, 11) is 0. The SMILES string of the molecule is CC(C)(C)c1ccc(CCN2C[C@@H](C(F)(F)F)[C@H](C(=O)O)C2)cc1. The van der Waals surface area contributed by atoms with Crippen molar-refractivity contribution in [1.29, 1.82) is 0 Å². The summed E-state index contributed by atoms with van der Waals surface area (Å²) in [5.41, 5.74) is 2.31. The highest BCUT2D eigenvalue weighted by Crippen LogP contribution is 2.37. The zero-order chi connectivity index (χ0) is 18.1. The fourth-order valence-corrected chi connectivity index (χ4v) is 3.11. The largest absolute Gasteiger partial charge is 0.481 e. The molecule has 1 aliphatic rings. The number of nitrogens with zero attached hydrogens (tertiary/aromatic N) is 1. The molecule has 2 rings (SSSR count). The van der Waals surface area contributed by atoms with Gasteiger partial charge in [-0.1, -0.05) is 45.0 Å². The van der Waals surface area contributed by atoms with Crippen LogP contribution in [0, 0.1) is 11.8 Å². The van der Waals surface area contributed by atoms with Gasteiger partial charge in [0.15, 0.2) is 0 Å². The lowest BCUT2D eigenvalue weighted by Gasteiger charge is -2.20. The highest BCUT2D eigenvalue weighted by Gasteiger charge is 2.52. The van der Waals surface area contributed by atoms with E-state index in [0.717, 1.165) is 5.56 Å². The monoisotopic (exact) mass is 343 g/mol. The van der Waals surface area contributed by atoms with Gasteiger partial charge in [0.1, 0.15) is 0 Å². The first-order chi connectivity index (χ1) is 11.0. The number of carboxylic acids is 1. The van der Waals surface area contributed by atoms with Crippen LogP contribution in [-0.4, -0.2) is 41.8 Å². The van der Waals surface area contributed by atoms with Crippen LogP contribution in [-0.2, 0) is 16.6 Å². The Bertz CT molecular complexity index is 575. The Kier molecular flexibility index (Phi) is 5.28. The van der Waals surface area contributed by atoms with E-state index in [1.165, 1.54) is 5.56 Å². The molecule has 1 fully saturated rings. The van der Waals surface area contributed by atoms with Crippen LogP contribution in [0.2, 0.25) is 0 Å². The summed E-state index contributed by atoms with van der Waals surface area (Å²) in [5, 5.41) is 9.03. The zero-order valence-electron chi connectivity index (χ0n) is 14.2. The van der Waals surface area contributed by atoms with Crippen molar-refractivity contribution in [2.24, 2.45) is 11.8 Å². The predicted octanol–water partition coefficient (Wildman–Crippen LogP) is 3.72. The van der Waals surface area contributed by atoms with Gasteiger partial charge in [0, 0.05) is 19.6 Å². The molecule has 24 heavy (non-hydrogen) atoms. The molecule has 0 bridgehead atoms. The van der Waals surface area contributed by atoms with E-state index in [1.807, 2.05) is 24.3 Å². The van der Waals surface area contributed by atoms with E-state index in [4.69, 9.17) is 5.11 Å². The van der Waals surface area contributed by atoms with Gasteiger partial charge in [-0.3, -0.25) is 4.79 Å². The molecule has 0 spiro atoms. The Morgan fingerprint density at radius 1 is 1.17 bits per heavy atom. The summed E-state index contributed by atoms with van der Waals surface area (Å²) in [5.74, 6) is -4.51. The Labute approximate surface area is 140 Å². The van der Waals surface area contributed by atoms with Crippen LogP contribution in [0.5, 0.6) is 0 Å². The van der Waals surface area contributed by atoms with Gasteiger partial charge >= 0.3 is 12.1 Å². The van der Waals surface area contributed by atoms with Crippen molar-refractivity contribution >= 4 is 5.97 Å². The average Bonchev–Trinajstić information content (AvgIpc) is 2.89. The standard InChI is InChI=1S/C18H24F3NO2/c1-17(2,3)13-6-4-12(5-7-13)8-9-22-10-14(16(23)24)15(11-22)18(19,20)21/h4-7,14-15H,8-11H2,1-3H3,(H,23,24)/t14-,15-/m1/s1. The molecular weight excluding hydrogens is 319 g/mol. The Morgan fingerprint density at radius 3 is 2.17 bits per heavy atom. The molecule has 2 atom stereocenters. The van der Waals surface area contributed by atoms with Gasteiger partial charge < -0.3 is 10.0 Å². The maximum atomic E-state index is 13.0. The second-order valence-electron chi connectivity index (χ2n) is 7.55. The van der Waals surface area contributed by atoms with Crippen molar-refractivity contribution in [3.63, 3.8) is 0 Å². The lowest BCUT2D eigenvalue weighted by atomic mass is 9.86. The molecule has 0 radical (unpaired) electrons. The maximum Gasteiger partial charge on any atom is 0.393 e. The number of hydrogen-bond acceptors (Lipinski definition) is 2. The number of carboxylic acid groups (broad SMARTS) is 1. The molecule has 1 saturated heterocycles. The molecule has 1 aliphatic heterocycles. The normalized spacial score (nSPS) is 22.8. The van der Waals surface area contributed by atoms with E-state index in [9.17, 15) is 18.0 Å². The zero-order valence-corrected chi connectivity index (χ0v) is 14.2. The summed E-state index contributed by atoms with van der Waals surface area (Å²) in [6, 6.07) is 8.06. The molecular formula is C18H24F3NO2. The first-order valence-corrected chi connectivity index (χ1v) is 8.10. The minimum atomic E-state index is -4.47. The number of benzene rings is 1. The Balaban J connectivity index is 1.96. The van der Waals surface area contributed by atoms with Gasteiger partial charge in [-0.2, -0.15) is 13.2 Å². The van der Waals surface area contributed by atoms with E-state index in [2.05, 4.69) is 20.8 Å². The second-order valence-corrected chi connectivity index (χ2v) is 7.55. The molecule has 1 aromatic rings. The van der Waals surface area contributed by atoms with Gasteiger partial charge in [0.2, 0.25) is 0 Å². The first kappa shape index (κ1) is 18.8. The number of carbonyl (C=O) groups is 1. The quantitative estimate of drug-likeness (QED) is 0.906. The van der Waals surface area contributed by atoms with Crippen LogP contribution in [0.15, 0.2) is 24.3 Å². The van der Waals surface area contributed by atoms with Gasteiger partial charge in [0.05, 0.1) is 11.8 Å². The smallest absolute Gasteiger partial charge is 0.393 e. The van der Waals surface area contributed by atoms with Crippen LogP contribution in [0.1, 0.15) is 31.9 Å². The van der Waals surface area contributed by atoms with Crippen molar-refractivity contribution in [2.45, 2.75) is 38.8 Å². The molecule has 0 amide bonds. The molecule has 3 nitrogen and oxygen atoms in total. The number of halogens is 3. The molecule has 0 unspecified atom stereocenters. The van der Waals surface area contributed by atoms with E-state index < -0.39 is 24.0 Å². The van der Waals surface area contributed by atoms with E-state index >= 15 is 0 Å². The lowest BCUT2D eigenvalue weighted by molar-refractivity contribution is -0.188. The van der Waals surface area contributed by atoms with Gasteiger partial charge in [-0.25, -0.2) is 0 Å². The number of alkyl halides is 3. The highest BCUT2D eigenvalue weighted by molar-refractivity contribution is 5.71. The highest BCUT2D eigenvalue weighted by atomic mass is 19.4. The number of aliphatic carboxylic acids is 1. The molecule has 0 aromatic heterocycles. The molecule has 1 heterocycles. The van der Waals surface area contributed by atoms with Crippen LogP contribution < -0.4 is 0 Å². The third-order valence-corrected chi connectivity index (χ3v) is 4.67. The molecule has 1 N–H and O–H groups in total. The van der Waals surface area contributed by atoms with Crippen molar-refractivity contribution in [3.8, 4) is 0 Å². The summed E-state index contributed by atoms with van der Waals surface area (Å²) >= 11 is 0. The van der Waals surface area contributed by atoms with Crippen molar-refractivity contribution < 1.29 is 23.1 Å². The van der Waals surface area contributed by atoms with Gasteiger partial charge in [-0.05, 0) is 23.0 Å². The Morgan fingerprint density at radius 2 is 1.75 bits per heavy atom. The molecule has 0 aliphatic carbocycles. The molecule has 134 valence electrons. The average molecular weight is 343 g/mol. The summed E-state index contributed by atoms with van der Waals surface area (Å²) in [6.07, 6.45) is -3.85. The first-order valence-electron chi connectivity index (χ1n) is 8.10.